The standard InChI is InChI=1S/C33H28ClN5O2/c1-21-36-29-20-38(41)18-14-30(29)39(21)27-9-6-24(7-10-27)33(40)37-16-12-22(13-17-37)31-28-11-8-26(34)19-25(28)5-4-23-3-2-15-35-32(23)31/h2-3,6-11,14-15,18-20H,4-5,12-13,16-17H2,1H3. The topological polar surface area (TPSA) is 78.0 Å². The number of halogens is 1. The van der Waals surface area contributed by atoms with E-state index >= 15 is 0 Å². The summed E-state index contributed by atoms with van der Waals surface area (Å²) in [5, 5.41) is 12.4. The minimum atomic E-state index is 0.0341. The van der Waals surface area contributed by atoms with Crippen LogP contribution in [0.25, 0.3) is 22.3 Å². The van der Waals surface area contributed by atoms with Gasteiger partial charge in [-0.05, 0) is 91.8 Å². The van der Waals surface area contributed by atoms with Crippen molar-refractivity contribution in [2.45, 2.75) is 32.6 Å². The zero-order chi connectivity index (χ0) is 28.1. The van der Waals surface area contributed by atoms with Crippen LogP contribution in [0.3, 0.4) is 0 Å². The van der Waals surface area contributed by atoms with Crippen LogP contribution in [-0.2, 0) is 12.8 Å². The maximum absolute atomic E-state index is 13.5. The molecule has 2 aliphatic rings. The van der Waals surface area contributed by atoms with E-state index in [0.29, 0.717) is 24.2 Å². The predicted molar refractivity (Wildman–Crippen MR) is 159 cm³/mol. The Morgan fingerprint density at radius 1 is 0.976 bits per heavy atom. The number of imidazole rings is 1. The second-order valence-corrected chi connectivity index (χ2v) is 11.1. The van der Waals surface area contributed by atoms with E-state index in [4.69, 9.17) is 16.6 Å². The van der Waals surface area contributed by atoms with Crippen LogP contribution in [0.5, 0.6) is 0 Å². The quantitative estimate of drug-likeness (QED) is 0.200. The van der Waals surface area contributed by atoms with E-state index in [0.717, 1.165) is 58.2 Å². The first-order valence-electron chi connectivity index (χ1n) is 13.9. The van der Waals surface area contributed by atoms with Crippen LogP contribution in [0.1, 0.15) is 51.4 Å². The molecule has 5 aromatic rings. The summed E-state index contributed by atoms with van der Waals surface area (Å²) in [7, 11) is 0. The second-order valence-electron chi connectivity index (χ2n) is 10.7. The van der Waals surface area contributed by atoms with Crippen molar-refractivity contribution in [3.63, 3.8) is 0 Å². The van der Waals surface area contributed by atoms with Crippen molar-refractivity contribution in [1.29, 1.82) is 0 Å². The summed E-state index contributed by atoms with van der Waals surface area (Å²) in [6.07, 6.45) is 8.27. The number of nitrogens with zero attached hydrogens (tertiary/aromatic N) is 5. The minimum Gasteiger partial charge on any atom is -0.619 e. The highest BCUT2D eigenvalue weighted by Gasteiger charge is 2.27. The summed E-state index contributed by atoms with van der Waals surface area (Å²) >= 11 is 6.37. The van der Waals surface area contributed by atoms with Crippen LogP contribution >= 0.6 is 11.6 Å². The number of benzene rings is 2. The molecule has 0 saturated carbocycles. The fourth-order valence-corrected chi connectivity index (χ4v) is 6.45. The zero-order valence-corrected chi connectivity index (χ0v) is 23.4. The number of rotatable bonds is 2. The molecule has 0 spiro atoms. The Balaban J connectivity index is 1.14. The van der Waals surface area contributed by atoms with Gasteiger partial charge in [0.2, 0.25) is 6.20 Å². The Kier molecular flexibility index (Phi) is 6.31. The average molecular weight is 562 g/mol. The first-order chi connectivity index (χ1) is 20.0. The van der Waals surface area contributed by atoms with Crippen molar-refractivity contribution < 1.29 is 9.52 Å². The van der Waals surface area contributed by atoms with Crippen molar-refractivity contribution in [1.82, 2.24) is 19.4 Å². The number of aromatic nitrogens is 4. The van der Waals surface area contributed by atoms with Crippen molar-refractivity contribution >= 4 is 34.1 Å². The molecule has 7 nitrogen and oxygen atoms in total. The Hall–Kier alpha value is -4.49. The van der Waals surface area contributed by atoms with Gasteiger partial charge in [0.1, 0.15) is 5.82 Å². The monoisotopic (exact) mass is 561 g/mol. The lowest BCUT2D eigenvalue weighted by molar-refractivity contribution is -0.604. The second kappa shape index (κ2) is 10.2. The molecule has 204 valence electrons. The number of aryl methyl sites for hydroxylation is 3. The lowest BCUT2D eigenvalue weighted by Gasteiger charge is -2.30. The zero-order valence-electron chi connectivity index (χ0n) is 22.7. The van der Waals surface area contributed by atoms with E-state index in [9.17, 15) is 10.0 Å². The van der Waals surface area contributed by atoms with Crippen LogP contribution in [0, 0.1) is 12.1 Å². The van der Waals surface area contributed by atoms with Crippen LogP contribution in [0.4, 0.5) is 0 Å². The maximum Gasteiger partial charge on any atom is 0.253 e. The summed E-state index contributed by atoms with van der Waals surface area (Å²) in [5.74, 6) is 0.812. The predicted octanol–water partition coefficient (Wildman–Crippen LogP) is 5.85. The molecule has 0 bridgehead atoms. The van der Waals surface area contributed by atoms with E-state index in [2.05, 4.69) is 23.2 Å². The van der Waals surface area contributed by atoms with Crippen molar-refractivity contribution in [2.24, 2.45) is 0 Å². The third-order valence-electron chi connectivity index (χ3n) is 8.25. The molecule has 41 heavy (non-hydrogen) atoms. The van der Waals surface area contributed by atoms with E-state index in [1.54, 1.807) is 6.07 Å². The molecule has 2 aromatic carbocycles. The molecular weight excluding hydrogens is 534 g/mol. The number of pyridine rings is 2. The molecule has 1 fully saturated rings. The third-order valence-corrected chi connectivity index (χ3v) is 8.48. The van der Waals surface area contributed by atoms with Gasteiger partial charge in [-0.3, -0.25) is 14.3 Å². The van der Waals surface area contributed by atoms with E-state index in [1.807, 2.05) is 59.0 Å². The maximum atomic E-state index is 13.5. The summed E-state index contributed by atoms with van der Waals surface area (Å²) in [6, 6.07) is 19.7. The molecule has 0 atom stereocenters. The molecule has 1 amide bonds. The Labute approximate surface area is 242 Å². The smallest absolute Gasteiger partial charge is 0.253 e. The van der Waals surface area contributed by atoms with Gasteiger partial charge in [0, 0.05) is 47.2 Å². The first-order valence-corrected chi connectivity index (χ1v) is 14.3. The summed E-state index contributed by atoms with van der Waals surface area (Å²) in [5.41, 5.74) is 10.4. The van der Waals surface area contributed by atoms with Crippen LogP contribution in [0.2, 0.25) is 5.02 Å². The molecule has 0 N–H and O–H groups in total. The van der Waals surface area contributed by atoms with E-state index in [1.165, 1.54) is 40.2 Å². The molecular formula is C33H28ClN5O2. The minimum absolute atomic E-state index is 0.0341. The Morgan fingerprint density at radius 3 is 2.56 bits per heavy atom. The summed E-state index contributed by atoms with van der Waals surface area (Å²) in [6.45, 7) is 3.22. The number of fused-ring (bicyclic) bond motifs is 3. The molecule has 4 heterocycles. The number of piperidine rings is 1. The highest BCUT2D eigenvalue weighted by atomic mass is 35.5. The largest absolute Gasteiger partial charge is 0.619 e. The number of hydrogen-bond donors (Lipinski definition) is 0. The molecule has 7 rings (SSSR count). The first kappa shape index (κ1) is 25.5. The van der Waals surface area contributed by atoms with Gasteiger partial charge in [0.15, 0.2) is 11.7 Å². The highest BCUT2D eigenvalue weighted by molar-refractivity contribution is 6.30. The van der Waals surface area contributed by atoms with Crippen molar-refractivity contribution in [3.05, 3.63) is 129 Å². The van der Waals surface area contributed by atoms with Gasteiger partial charge >= 0.3 is 0 Å². The third kappa shape index (κ3) is 4.56. The molecule has 8 heteroatoms. The molecule has 1 aliphatic carbocycles. The van der Waals surface area contributed by atoms with E-state index < -0.39 is 0 Å². The van der Waals surface area contributed by atoms with Crippen molar-refractivity contribution in [2.75, 3.05) is 13.1 Å². The van der Waals surface area contributed by atoms with Gasteiger partial charge in [-0.15, -0.1) is 0 Å². The molecule has 0 radical (unpaired) electrons. The Bertz CT molecular complexity index is 1850. The number of amides is 1. The van der Waals surface area contributed by atoms with E-state index in [-0.39, 0.29) is 5.91 Å². The number of hydrogen-bond acceptors (Lipinski definition) is 4. The Morgan fingerprint density at radius 2 is 1.76 bits per heavy atom. The molecule has 1 aliphatic heterocycles. The van der Waals surface area contributed by atoms with Gasteiger partial charge in [-0.25, -0.2) is 4.98 Å². The SMILES string of the molecule is Cc1nc2c[n+]([O-])ccc2n1-c1ccc(C(=O)N2CCC(=C3c4ccc(Cl)cc4CCc4cccnc43)CC2)cc1. The molecule has 3 aromatic heterocycles. The number of carbonyl (C=O) groups excluding carboxylic acids is 1. The summed E-state index contributed by atoms with van der Waals surface area (Å²) < 4.78 is 2.74. The molecule has 0 unspecified atom stereocenters. The number of carbonyl (C=O) groups is 1. The van der Waals surface area contributed by atoms with Crippen LogP contribution in [0.15, 0.2) is 84.8 Å². The number of likely N-dealkylation sites (tertiary alicyclic amines) is 1. The lowest BCUT2D eigenvalue weighted by Crippen LogP contribution is -2.36. The van der Waals surface area contributed by atoms with Crippen molar-refractivity contribution in [3.8, 4) is 5.69 Å². The molecule has 1 saturated heterocycles. The highest BCUT2D eigenvalue weighted by Crippen LogP contribution is 2.38. The fraction of sp³-hybridized carbons (Fsp3) is 0.212. The van der Waals surface area contributed by atoms with Gasteiger partial charge in [-0.2, -0.15) is 4.73 Å². The lowest BCUT2D eigenvalue weighted by atomic mass is 9.88. The van der Waals surface area contributed by atoms with Crippen LogP contribution in [-0.4, -0.2) is 38.4 Å². The average Bonchev–Trinajstić information content (AvgIpc) is 3.22. The summed E-state index contributed by atoms with van der Waals surface area (Å²) in [4.78, 5) is 24.8. The fourth-order valence-electron chi connectivity index (χ4n) is 6.26. The van der Waals surface area contributed by atoms with Gasteiger partial charge in [0.25, 0.3) is 5.91 Å². The van der Waals surface area contributed by atoms with Crippen LogP contribution < -0.4 is 4.73 Å². The normalized spacial score (nSPS) is 15.0. The van der Waals surface area contributed by atoms with Gasteiger partial charge in [-0.1, -0.05) is 29.3 Å². The van der Waals surface area contributed by atoms with Gasteiger partial charge in [0.05, 0.1) is 11.2 Å². The van der Waals surface area contributed by atoms with Gasteiger partial charge < -0.3 is 10.1 Å².